The third kappa shape index (κ3) is 4.88. The first kappa shape index (κ1) is 14.2. The molecule has 0 atom stereocenters. The first-order valence-electron chi connectivity index (χ1n) is 6.35. The standard InChI is InChI=1S/C15H25NO/c1-12(2)14-7-5-13(6-8-14)9-16-10-15(3,4)11-17/h5-8,12,16-17H,9-11H2,1-4H3. The summed E-state index contributed by atoms with van der Waals surface area (Å²) in [5.74, 6) is 0.588. The molecule has 0 heterocycles. The summed E-state index contributed by atoms with van der Waals surface area (Å²) in [7, 11) is 0. The van der Waals surface area contributed by atoms with Crippen LogP contribution in [0.25, 0.3) is 0 Å². The van der Waals surface area contributed by atoms with Crippen LogP contribution >= 0.6 is 0 Å². The van der Waals surface area contributed by atoms with E-state index >= 15 is 0 Å². The van der Waals surface area contributed by atoms with E-state index in [0.29, 0.717) is 5.92 Å². The van der Waals surface area contributed by atoms with Crippen LogP contribution < -0.4 is 5.32 Å². The van der Waals surface area contributed by atoms with Gasteiger partial charge >= 0.3 is 0 Å². The molecule has 2 heteroatoms. The first-order valence-corrected chi connectivity index (χ1v) is 6.35. The average Bonchev–Trinajstić information content (AvgIpc) is 2.29. The zero-order valence-electron chi connectivity index (χ0n) is 11.5. The maximum absolute atomic E-state index is 9.15. The van der Waals surface area contributed by atoms with E-state index in [4.69, 9.17) is 5.11 Å². The van der Waals surface area contributed by atoms with Crippen molar-refractivity contribution in [2.45, 2.75) is 40.2 Å². The van der Waals surface area contributed by atoms with E-state index in [-0.39, 0.29) is 12.0 Å². The molecule has 0 aliphatic carbocycles. The van der Waals surface area contributed by atoms with Gasteiger partial charge < -0.3 is 10.4 Å². The lowest BCUT2D eigenvalue weighted by Gasteiger charge is -2.22. The van der Waals surface area contributed by atoms with E-state index in [0.717, 1.165) is 13.1 Å². The van der Waals surface area contributed by atoms with Crippen LogP contribution in [0.1, 0.15) is 44.7 Å². The van der Waals surface area contributed by atoms with Gasteiger partial charge in [0, 0.05) is 25.1 Å². The fourth-order valence-corrected chi connectivity index (χ4v) is 1.62. The van der Waals surface area contributed by atoms with Crippen molar-refractivity contribution < 1.29 is 5.11 Å². The number of aliphatic hydroxyl groups is 1. The largest absolute Gasteiger partial charge is 0.396 e. The molecule has 1 aromatic rings. The summed E-state index contributed by atoms with van der Waals surface area (Å²) in [5, 5.41) is 12.5. The van der Waals surface area contributed by atoms with Crippen LogP contribution in [0.2, 0.25) is 0 Å². The Labute approximate surface area is 105 Å². The smallest absolute Gasteiger partial charge is 0.0494 e. The quantitative estimate of drug-likeness (QED) is 0.794. The van der Waals surface area contributed by atoms with Crippen molar-refractivity contribution >= 4 is 0 Å². The van der Waals surface area contributed by atoms with Gasteiger partial charge in [-0.15, -0.1) is 0 Å². The third-order valence-corrected chi connectivity index (χ3v) is 3.01. The predicted octanol–water partition coefficient (Wildman–Crippen LogP) is 2.92. The van der Waals surface area contributed by atoms with E-state index < -0.39 is 0 Å². The van der Waals surface area contributed by atoms with Gasteiger partial charge in [-0.05, 0) is 17.0 Å². The molecule has 96 valence electrons. The van der Waals surface area contributed by atoms with E-state index in [1.54, 1.807) is 0 Å². The average molecular weight is 235 g/mol. The second-order valence-electron chi connectivity index (χ2n) is 5.82. The lowest BCUT2D eigenvalue weighted by atomic mass is 9.95. The van der Waals surface area contributed by atoms with Crippen LogP contribution in [0.5, 0.6) is 0 Å². The van der Waals surface area contributed by atoms with Gasteiger partial charge in [0.25, 0.3) is 0 Å². The molecule has 2 nitrogen and oxygen atoms in total. The lowest BCUT2D eigenvalue weighted by Crippen LogP contribution is -2.31. The second-order valence-corrected chi connectivity index (χ2v) is 5.82. The normalized spacial score (nSPS) is 12.1. The molecule has 2 N–H and O–H groups in total. The lowest BCUT2D eigenvalue weighted by molar-refractivity contribution is 0.156. The molecular formula is C15H25NO. The maximum Gasteiger partial charge on any atom is 0.0494 e. The summed E-state index contributed by atoms with van der Waals surface area (Å²) in [6.45, 7) is 10.4. The highest BCUT2D eigenvalue weighted by Gasteiger charge is 2.15. The van der Waals surface area contributed by atoms with Crippen molar-refractivity contribution in [3.05, 3.63) is 35.4 Å². The van der Waals surface area contributed by atoms with Gasteiger partial charge in [-0.1, -0.05) is 52.0 Å². The summed E-state index contributed by atoms with van der Waals surface area (Å²) in [4.78, 5) is 0. The number of nitrogens with one attached hydrogen (secondary N) is 1. The molecule has 1 aromatic carbocycles. The fourth-order valence-electron chi connectivity index (χ4n) is 1.62. The van der Waals surface area contributed by atoms with Crippen molar-refractivity contribution in [2.75, 3.05) is 13.2 Å². The molecule has 0 radical (unpaired) electrons. The van der Waals surface area contributed by atoms with Crippen LogP contribution in [-0.2, 0) is 6.54 Å². The Kier molecular flexibility index (Phi) is 5.16. The minimum atomic E-state index is -0.0438. The predicted molar refractivity (Wildman–Crippen MR) is 73.1 cm³/mol. The summed E-state index contributed by atoms with van der Waals surface area (Å²) >= 11 is 0. The molecule has 0 aliphatic rings. The summed E-state index contributed by atoms with van der Waals surface area (Å²) in [6.07, 6.45) is 0. The van der Waals surface area contributed by atoms with Gasteiger partial charge in [-0.25, -0.2) is 0 Å². The SMILES string of the molecule is CC(C)c1ccc(CNCC(C)(C)CO)cc1. The highest BCUT2D eigenvalue weighted by molar-refractivity contribution is 5.24. The number of hydrogen-bond acceptors (Lipinski definition) is 2. The molecule has 0 bridgehead atoms. The molecule has 0 saturated heterocycles. The van der Waals surface area contributed by atoms with Gasteiger partial charge in [-0.3, -0.25) is 0 Å². The Morgan fingerprint density at radius 3 is 2.24 bits per heavy atom. The number of hydrogen-bond donors (Lipinski definition) is 2. The molecule has 0 fully saturated rings. The van der Waals surface area contributed by atoms with Crippen LogP contribution in [0.4, 0.5) is 0 Å². The zero-order valence-corrected chi connectivity index (χ0v) is 11.5. The monoisotopic (exact) mass is 235 g/mol. The van der Waals surface area contributed by atoms with E-state index in [1.807, 2.05) is 0 Å². The molecule has 0 aromatic heterocycles. The molecule has 0 spiro atoms. The fraction of sp³-hybridized carbons (Fsp3) is 0.600. The minimum Gasteiger partial charge on any atom is -0.396 e. The molecule has 1 rings (SSSR count). The molecule has 0 amide bonds. The minimum absolute atomic E-state index is 0.0438. The Morgan fingerprint density at radius 1 is 1.18 bits per heavy atom. The first-order chi connectivity index (χ1) is 7.94. The van der Waals surface area contributed by atoms with Crippen LogP contribution in [0, 0.1) is 5.41 Å². The number of benzene rings is 1. The van der Waals surface area contributed by atoms with Gasteiger partial charge in [0.1, 0.15) is 0 Å². The van der Waals surface area contributed by atoms with Crippen LogP contribution in [0.15, 0.2) is 24.3 Å². The second kappa shape index (κ2) is 6.18. The van der Waals surface area contributed by atoms with Crippen molar-refractivity contribution in [1.82, 2.24) is 5.32 Å². The maximum atomic E-state index is 9.15. The molecule has 17 heavy (non-hydrogen) atoms. The van der Waals surface area contributed by atoms with Gasteiger partial charge in [0.2, 0.25) is 0 Å². The molecule has 0 unspecified atom stereocenters. The van der Waals surface area contributed by atoms with E-state index in [1.165, 1.54) is 11.1 Å². The summed E-state index contributed by atoms with van der Waals surface area (Å²) in [6, 6.07) is 8.74. The van der Waals surface area contributed by atoms with Crippen LogP contribution in [0.3, 0.4) is 0 Å². The summed E-state index contributed by atoms with van der Waals surface area (Å²) < 4.78 is 0. The van der Waals surface area contributed by atoms with Gasteiger partial charge in [0.15, 0.2) is 0 Å². The van der Waals surface area contributed by atoms with E-state index in [9.17, 15) is 0 Å². The van der Waals surface area contributed by atoms with Crippen molar-refractivity contribution in [3.63, 3.8) is 0 Å². The molecule has 0 aliphatic heterocycles. The third-order valence-electron chi connectivity index (χ3n) is 3.01. The molecule has 0 saturated carbocycles. The van der Waals surface area contributed by atoms with Crippen molar-refractivity contribution in [1.29, 1.82) is 0 Å². The Bertz CT molecular complexity index is 327. The van der Waals surface area contributed by atoms with Crippen molar-refractivity contribution in [2.24, 2.45) is 5.41 Å². The van der Waals surface area contributed by atoms with Gasteiger partial charge in [-0.2, -0.15) is 0 Å². The number of rotatable bonds is 6. The van der Waals surface area contributed by atoms with E-state index in [2.05, 4.69) is 57.3 Å². The Hall–Kier alpha value is -0.860. The molecular weight excluding hydrogens is 210 g/mol. The topological polar surface area (TPSA) is 32.3 Å². The Morgan fingerprint density at radius 2 is 1.76 bits per heavy atom. The highest BCUT2D eigenvalue weighted by atomic mass is 16.3. The number of aliphatic hydroxyl groups excluding tert-OH is 1. The van der Waals surface area contributed by atoms with Gasteiger partial charge in [0.05, 0.1) is 0 Å². The van der Waals surface area contributed by atoms with Crippen LogP contribution in [-0.4, -0.2) is 18.3 Å². The van der Waals surface area contributed by atoms with Crippen molar-refractivity contribution in [3.8, 4) is 0 Å². The Balaban J connectivity index is 2.42. The zero-order chi connectivity index (χ0) is 12.9. The summed E-state index contributed by atoms with van der Waals surface area (Å²) in [5.41, 5.74) is 2.63. The highest BCUT2D eigenvalue weighted by Crippen LogP contribution is 2.15.